The summed E-state index contributed by atoms with van der Waals surface area (Å²) in [6, 6.07) is 6.87. The zero-order chi connectivity index (χ0) is 14.0. The number of hydrogen-bond acceptors (Lipinski definition) is 2. The highest BCUT2D eigenvalue weighted by atomic mass is 19.1. The molecule has 0 radical (unpaired) electrons. The van der Waals surface area contributed by atoms with Crippen LogP contribution in [0, 0.1) is 17.2 Å². The van der Waals surface area contributed by atoms with E-state index in [1.54, 1.807) is 6.07 Å². The van der Waals surface area contributed by atoms with Crippen molar-refractivity contribution in [3.63, 3.8) is 0 Å². The van der Waals surface area contributed by atoms with E-state index in [2.05, 4.69) is 13.8 Å². The van der Waals surface area contributed by atoms with Gasteiger partial charge in [-0.2, -0.15) is 0 Å². The minimum atomic E-state index is -0.298. The second kappa shape index (κ2) is 5.49. The normalized spacial score (nSPS) is 25.5. The van der Waals surface area contributed by atoms with Crippen molar-refractivity contribution in [3.05, 3.63) is 30.1 Å². The highest BCUT2D eigenvalue weighted by Gasteiger charge is 2.41. The molecule has 3 heteroatoms. The molecule has 0 saturated heterocycles. The Bertz CT molecular complexity index is 433. The third-order valence-corrected chi connectivity index (χ3v) is 4.44. The maximum absolute atomic E-state index is 13.8. The molecular weight excluding hydrogens is 241 g/mol. The van der Waals surface area contributed by atoms with Crippen LogP contribution in [0.2, 0.25) is 0 Å². The van der Waals surface area contributed by atoms with Crippen molar-refractivity contribution in [2.24, 2.45) is 11.3 Å². The van der Waals surface area contributed by atoms with E-state index in [0.29, 0.717) is 5.69 Å². The molecule has 1 fully saturated rings. The van der Waals surface area contributed by atoms with Crippen LogP contribution in [0.4, 0.5) is 10.1 Å². The fraction of sp³-hybridized carbons (Fsp3) is 0.625. The van der Waals surface area contributed by atoms with Crippen LogP contribution < -0.4 is 4.90 Å². The Labute approximate surface area is 115 Å². The highest BCUT2D eigenvalue weighted by molar-refractivity contribution is 5.47. The number of anilines is 1. The van der Waals surface area contributed by atoms with Crippen molar-refractivity contribution < 1.29 is 9.50 Å². The van der Waals surface area contributed by atoms with E-state index in [4.69, 9.17) is 0 Å². The van der Waals surface area contributed by atoms with E-state index in [1.807, 2.05) is 24.0 Å². The number of halogens is 1. The minimum Gasteiger partial charge on any atom is -0.392 e. The van der Waals surface area contributed by atoms with E-state index in [0.717, 1.165) is 25.9 Å². The Kier molecular flexibility index (Phi) is 4.14. The lowest BCUT2D eigenvalue weighted by atomic mass is 9.87. The minimum absolute atomic E-state index is 0.0146. The zero-order valence-corrected chi connectivity index (χ0v) is 12.1. The van der Waals surface area contributed by atoms with Gasteiger partial charge in [-0.15, -0.1) is 0 Å². The molecule has 1 aliphatic carbocycles. The number of aliphatic hydroxyl groups excluding tert-OH is 1. The van der Waals surface area contributed by atoms with Crippen LogP contribution in [-0.2, 0) is 0 Å². The van der Waals surface area contributed by atoms with Crippen molar-refractivity contribution in [3.8, 4) is 0 Å². The first-order chi connectivity index (χ1) is 8.95. The van der Waals surface area contributed by atoms with Gasteiger partial charge in [0.05, 0.1) is 11.8 Å². The highest BCUT2D eigenvalue weighted by Crippen LogP contribution is 2.41. The van der Waals surface area contributed by atoms with Crippen molar-refractivity contribution in [2.75, 3.05) is 18.0 Å². The van der Waals surface area contributed by atoms with Gasteiger partial charge in [-0.3, -0.25) is 0 Å². The molecule has 1 saturated carbocycles. The van der Waals surface area contributed by atoms with Crippen LogP contribution in [0.25, 0.3) is 0 Å². The molecule has 0 amide bonds. The molecule has 2 unspecified atom stereocenters. The van der Waals surface area contributed by atoms with E-state index < -0.39 is 0 Å². The Morgan fingerprint density at radius 2 is 2.05 bits per heavy atom. The molecule has 2 nitrogen and oxygen atoms in total. The van der Waals surface area contributed by atoms with Crippen molar-refractivity contribution >= 4 is 5.69 Å². The Balaban J connectivity index is 2.11. The zero-order valence-electron chi connectivity index (χ0n) is 12.1. The van der Waals surface area contributed by atoms with Crippen LogP contribution in [0.1, 0.15) is 33.6 Å². The third kappa shape index (κ3) is 2.92. The molecule has 1 N–H and O–H groups in total. The summed E-state index contributed by atoms with van der Waals surface area (Å²) in [6.07, 6.45) is 1.75. The summed E-state index contributed by atoms with van der Waals surface area (Å²) in [4.78, 5) is 2.03. The predicted molar refractivity (Wildman–Crippen MR) is 76.8 cm³/mol. The number of rotatable bonds is 4. The van der Waals surface area contributed by atoms with E-state index >= 15 is 0 Å². The second-order valence-corrected chi connectivity index (χ2v) is 6.22. The summed E-state index contributed by atoms with van der Waals surface area (Å²) in [5.74, 6) is 0.0469. The van der Waals surface area contributed by atoms with Gasteiger partial charge in [-0.05, 0) is 37.3 Å². The molecule has 0 aliphatic heterocycles. The fourth-order valence-electron chi connectivity index (χ4n) is 3.08. The van der Waals surface area contributed by atoms with Crippen LogP contribution in [0.15, 0.2) is 24.3 Å². The largest absolute Gasteiger partial charge is 0.392 e. The van der Waals surface area contributed by atoms with E-state index in [-0.39, 0.29) is 23.3 Å². The van der Waals surface area contributed by atoms with Crippen LogP contribution in [0.3, 0.4) is 0 Å². The van der Waals surface area contributed by atoms with Gasteiger partial charge in [-0.1, -0.05) is 26.0 Å². The van der Waals surface area contributed by atoms with Gasteiger partial charge in [0.1, 0.15) is 5.82 Å². The van der Waals surface area contributed by atoms with Crippen LogP contribution in [-0.4, -0.2) is 24.3 Å². The maximum Gasteiger partial charge on any atom is 0.146 e. The molecule has 1 aromatic rings. The Morgan fingerprint density at radius 1 is 1.37 bits per heavy atom. The first-order valence-electron chi connectivity index (χ1n) is 7.13. The van der Waals surface area contributed by atoms with E-state index in [1.165, 1.54) is 6.07 Å². The lowest BCUT2D eigenvalue weighted by molar-refractivity contribution is 0.0481. The molecule has 2 rings (SSSR count). The summed E-state index contributed by atoms with van der Waals surface area (Å²) < 4.78 is 13.8. The molecule has 0 bridgehead atoms. The van der Waals surface area contributed by atoms with E-state index in [9.17, 15) is 9.50 Å². The van der Waals surface area contributed by atoms with Crippen molar-refractivity contribution in [1.29, 1.82) is 0 Å². The first-order valence-corrected chi connectivity index (χ1v) is 7.13. The summed E-state index contributed by atoms with van der Waals surface area (Å²) in [5, 5.41) is 10.4. The van der Waals surface area contributed by atoms with Gasteiger partial charge in [0.25, 0.3) is 0 Å². The number of para-hydroxylation sites is 1. The SMILES string of the molecule is CCN(CC1CCC(C)(C)C1O)c1ccccc1F. The van der Waals surface area contributed by atoms with Gasteiger partial charge in [0.2, 0.25) is 0 Å². The molecule has 0 spiro atoms. The maximum atomic E-state index is 13.8. The summed E-state index contributed by atoms with van der Waals surface area (Å²) >= 11 is 0. The van der Waals surface area contributed by atoms with Gasteiger partial charge >= 0.3 is 0 Å². The predicted octanol–water partition coefficient (Wildman–Crippen LogP) is 3.45. The quantitative estimate of drug-likeness (QED) is 0.901. The molecule has 1 aliphatic rings. The van der Waals surface area contributed by atoms with Gasteiger partial charge < -0.3 is 10.0 Å². The molecular formula is C16H24FNO. The summed E-state index contributed by atoms with van der Waals surface area (Å²) in [5.41, 5.74) is 0.626. The number of hydrogen-bond donors (Lipinski definition) is 1. The van der Waals surface area contributed by atoms with Crippen LogP contribution >= 0.6 is 0 Å². The number of nitrogens with zero attached hydrogens (tertiary/aromatic N) is 1. The van der Waals surface area contributed by atoms with Crippen LogP contribution in [0.5, 0.6) is 0 Å². The standard InChI is InChI=1S/C16H24FNO/c1-4-18(14-8-6-5-7-13(14)17)11-12-9-10-16(2,3)15(12)19/h5-8,12,15,19H,4,9-11H2,1-3H3. The molecule has 19 heavy (non-hydrogen) atoms. The smallest absolute Gasteiger partial charge is 0.146 e. The molecule has 106 valence electrons. The first kappa shape index (κ1) is 14.3. The summed E-state index contributed by atoms with van der Waals surface area (Å²) in [6.45, 7) is 7.72. The van der Waals surface area contributed by atoms with Gasteiger partial charge in [0.15, 0.2) is 0 Å². The number of aliphatic hydroxyl groups is 1. The van der Waals surface area contributed by atoms with Gasteiger partial charge in [0, 0.05) is 19.0 Å². The lowest BCUT2D eigenvalue weighted by Gasteiger charge is -2.31. The Hall–Kier alpha value is -1.09. The molecule has 0 heterocycles. The van der Waals surface area contributed by atoms with Gasteiger partial charge in [-0.25, -0.2) is 4.39 Å². The Morgan fingerprint density at radius 3 is 2.58 bits per heavy atom. The topological polar surface area (TPSA) is 23.5 Å². The van der Waals surface area contributed by atoms with Crippen molar-refractivity contribution in [2.45, 2.75) is 39.7 Å². The second-order valence-electron chi connectivity index (χ2n) is 6.22. The van der Waals surface area contributed by atoms with Crippen molar-refractivity contribution in [1.82, 2.24) is 0 Å². The molecule has 0 aromatic heterocycles. The lowest BCUT2D eigenvalue weighted by Crippen LogP contribution is -2.37. The fourth-order valence-corrected chi connectivity index (χ4v) is 3.08. The third-order valence-electron chi connectivity index (χ3n) is 4.44. The summed E-state index contributed by atoms with van der Waals surface area (Å²) in [7, 11) is 0. The molecule has 2 atom stereocenters. The average molecular weight is 265 g/mol. The number of benzene rings is 1. The molecule has 1 aromatic carbocycles. The average Bonchev–Trinajstić information content (AvgIpc) is 2.63. The monoisotopic (exact) mass is 265 g/mol.